The highest BCUT2D eigenvalue weighted by molar-refractivity contribution is 5.86. The van der Waals surface area contributed by atoms with Crippen molar-refractivity contribution in [1.82, 2.24) is 0 Å². The highest BCUT2D eigenvalue weighted by atomic mass is 16.5. The van der Waals surface area contributed by atoms with E-state index < -0.39 is 0 Å². The lowest BCUT2D eigenvalue weighted by atomic mass is 10.2. The second-order valence-electron chi connectivity index (χ2n) is 5.56. The maximum absolute atomic E-state index is 9.95. The van der Waals surface area contributed by atoms with Crippen LogP contribution in [-0.4, -0.2) is 11.3 Å². The topological polar surface area (TPSA) is 41.8 Å². The lowest BCUT2D eigenvalue weighted by molar-refractivity contribution is 0.306. The predicted molar refractivity (Wildman–Crippen MR) is 97.3 cm³/mol. The summed E-state index contributed by atoms with van der Waals surface area (Å²) in [6.45, 7) is 2.43. The second-order valence-corrected chi connectivity index (χ2v) is 5.56. The minimum atomic E-state index is 0.175. The maximum Gasteiger partial charge on any atom is 0.141 e. The van der Waals surface area contributed by atoms with Gasteiger partial charge >= 0.3 is 0 Å². The second kappa shape index (κ2) is 7.47. The van der Waals surface area contributed by atoms with Gasteiger partial charge in [-0.1, -0.05) is 48.5 Å². The number of ether oxygens (including phenoxy) is 1. The van der Waals surface area contributed by atoms with Crippen LogP contribution in [0, 0.1) is 6.92 Å². The molecule has 3 heteroatoms. The van der Waals surface area contributed by atoms with E-state index in [1.54, 1.807) is 18.3 Å². The molecule has 0 saturated carbocycles. The minimum absolute atomic E-state index is 0.175. The molecule has 3 rings (SSSR count). The summed E-state index contributed by atoms with van der Waals surface area (Å²) in [6.07, 6.45) is 1.71. The van der Waals surface area contributed by atoms with Crippen LogP contribution < -0.4 is 4.74 Å². The van der Waals surface area contributed by atoms with Gasteiger partial charge < -0.3 is 9.84 Å². The van der Waals surface area contributed by atoms with Gasteiger partial charge in [0.05, 0.1) is 0 Å². The van der Waals surface area contributed by atoms with Crippen molar-refractivity contribution in [3.63, 3.8) is 0 Å². The Morgan fingerprint density at radius 3 is 2.50 bits per heavy atom. The summed E-state index contributed by atoms with van der Waals surface area (Å²) in [7, 11) is 0. The largest absolute Gasteiger partial charge is 0.506 e. The lowest BCUT2D eigenvalue weighted by Crippen LogP contribution is -1.98. The van der Waals surface area contributed by atoms with Crippen LogP contribution in [0.1, 0.15) is 16.7 Å². The van der Waals surface area contributed by atoms with Crippen molar-refractivity contribution in [2.24, 2.45) is 4.99 Å². The molecule has 0 aliphatic carbocycles. The molecule has 0 heterocycles. The molecule has 0 radical (unpaired) electrons. The Morgan fingerprint density at radius 1 is 0.958 bits per heavy atom. The fourth-order valence-electron chi connectivity index (χ4n) is 2.34. The Bertz CT molecular complexity index is 841. The number of hydrogen-bond acceptors (Lipinski definition) is 3. The molecule has 0 atom stereocenters. The third-order valence-corrected chi connectivity index (χ3v) is 3.63. The summed E-state index contributed by atoms with van der Waals surface area (Å²) >= 11 is 0. The summed E-state index contributed by atoms with van der Waals surface area (Å²) in [4.78, 5) is 4.38. The zero-order valence-electron chi connectivity index (χ0n) is 13.5. The molecule has 120 valence electrons. The van der Waals surface area contributed by atoms with E-state index in [0.717, 1.165) is 22.4 Å². The van der Waals surface area contributed by atoms with Gasteiger partial charge in [0.1, 0.15) is 23.8 Å². The number of para-hydroxylation sites is 1. The first-order valence-electron chi connectivity index (χ1n) is 7.82. The van der Waals surface area contributed by atoms with Crippen molar-refractivity contribution < 1.29 is 9.84 Å². The molecule has 0 unspecified atom stereocenters. The molecule has 0 aromatic heterocycles. The normalized spacial score (nSPS) is 10.9. The Kier molecular flexibility index (Phi) is 4.92. The number of rotatable bonds is 5. The fourth-order valence-corrected chi connectivity index (χ4v) is 2.34. The quantitative estimate of drug-likeness (QED) is 0.671. The van der Waals surface area contributed by atoms with Crippen molar-refractivity contribution in [3.05, 3.63) is 89.5 Å². The van der Waals surface area contributed by atoms with Gasteiger partial charge in [0.2, 0.25) is 0 Å². The van der Waals surface area contributed by atoms with E-state index in [2.05, 4.69) is 4.99 Å². The monoisotopic (exact) mass is 317 g/mol. The van der Waals surface area contributed by atoms with Crippen LogP contribution in [0.3, 0.4) is 0 Å². The van der Waals surface area contributed by atoms with Crippen LogP contribution in [0.15, 0.2) is 77.8 Å². The van der Waals surface area contributed by atoms with E-state index >= 15 is 0 Å². The van der Waals surface area contributed by atoms with Crippen molar-refractivity contribution in [2.45, 2.75) is 13.5 Å². The van der Waals surface area contributed by atoms with Gasteiger partial charge in [0.15, 0.2) is 0 Å². The number of hydrogen-bond donors (Lipinski definition) is 1. The summed E-state index contributed by atoms with van der Waals surface area (Å²) in [5.74, 6) is 0.936. The van der Waals surface area contributed by atoms with Crippen molar-refractivity contribution in [3.8, 4) is 11.5 Å². The van der Waals surface area contributed by atoms with Gasteiger partial charge in [0.25, 0.3) is 0 Å². The van der Waals surface area contributed by atoms with E-state index in [1.165, 1.54) is 0 Å². The van der Waals surface area contributed by atoms with Crippen LogP contribution in [0.4, 0.5) is 5.69 Å². The summed E-state index contributed by atoms with van der Waals surface area (Å²) in [5, 5.41) is 9.95. The first-order valence-corrected chi connectivity index (χ1v) is 7.82. The van der Waals surface area contributed by atoms with Crippen LogP contribution in [0.5, 0.6) is 11.5 Å². The zero-order valence-corrected chi connectivity index (χ0v) is 13.5. The van der Waals surface area contributed by atoms with Crippen LogP contribution in [0.2, 0.25) is 0 Å². The Balaban J connectivity index is 1.77. The van der Waals surface area contributed by atoms with Crippen molar-refractivity contribution >= 4 is 11.9 Å². The van der Waals surface area contributed by atoms with Crippen LogP contribution in [0.25, 0.3) is 0 Å². The smallest absolute Gasteiger partial charge is 0.141 e. The Hall–Kier alpha value is -3.07. The Labute approximate surface area is 141 Å². The predicted octanol–water partition coefficient (Wildman–Crippen LogP) is 5.03. The SMILES string of the molecule is Cc1ccc(N=Cc2ccccc2OCc2ccccc2)c(O)c1. The average molecular weight is 317 g/mol. The van der Waals surface area contributed by atoms with Crippen molar-refractivity contribution in [2.75, 3.05) is 0 Å². The number of benzene rings is 3. The first-order chi connectivity index (χ1) is 11.7. The molecule has 0 fully saturated rings. The zero-order chi connectivity index (χ0) is 16.8. The van der Waals surface area contributed by atoms with Gasteiger partial charge in [-0.05, 0) is 42.3 Å². The van der Waals surface area contributed by atoms with E-state index in [4.69, 9.17) is 4.74 Å². The average Bonchev–Trinajstić information content (AvgIpc) is 2.61. The summed E-state index contributed by atoms with van der Waals surface area (Å²) in [6, 6.07) is 23.2. The molecule has 0 aliphatic heterocycles. The maximum atomic E-state index is 9.95. The van der Waals surface area contributed by atoms with E-state index in [9.17, 15) is 5.11 Å². The van der Waals surface area contributed by atoms with Crippen LogP contribution in [-0.2, 0) is 6.61 Å². The number of aliphatic imine (C=N–C) groups is 1. The molecule has 24 heavy (non-hydrogen) atoms. The lowest BCUT2D eigenvalue weighted by Gasteiger charge is -2.09. The third kappa shape index (κ3) is 4.02. The molecule has 0 spiro atoms. The fraction of sp³-hybridized carbons (Fsp3) is 0.0952. The van der Waals surface area contributed by atoms with E-state index in [-0.39, 0.29) is 5.75 Å². The van der Waals surface area contributed by atoms with Crippen LogP contribution >= 0.6 is 0 Å². The van der Waals surface area contributed by atoms with Gasteiger partial charge in [-0.2, -0.15) is 0 Å². The minimum Gasteiger partial charge on any atom is -0.506 e. The standard InChI is InChI=1S/C21H19NO2/c1-16-11-12-19(20(23)13-16)22-14-18-9-5-6-10-21(18)24-15-17-7-3-2-4-8-17/h2-14,23H,15H2,1H3. The number of phenolic OH excluding ortho intramolecular Hbond substituents is 1. The first kappa shape index (κ1) is 15.8. The molecule has 0 bridgehead atoms. The highest BCUT2D eigenvalue weighted by Crippen LogP contribution is 2.27. The number of aromatic hydroxyl groups is 1. The molecule has 0 aliphatic rings. The Morgan fingerprint density at radius 2 is 1.71 bits per heavy atom. The van der Waals surface area contributed by atoms with E-state index in [1.807, 2.05) is 67.6 Å². The van der Waals surface area contributed by atoms with Gasteiger partial charge in [-0.15, -0.1) is 0 Å². The molecule has 0 saturated heterocycles. The summed E-state index contributed by atoms with van der Waals surface area (Å²) < 4.78 is 5.91. The van der Waals surface area contributed by atoms with Crippen molar-refractivity contribution in [1.29, 1.82) is 0 Å². The molecule has 1 N–H and O–H groups in total. The third-order valence-electron chi connectivity index (χ3n) is 3.63. The number of aryl methyl sites for hydroxylation is 1. The van der Waals surface area contributed by atoms with Gasteiger partial charge in [-0.25, -0.2) is 0 Å². The molecule has 3 aromatic carbocycles. The molecular weight excluding hydrogens is 298 g/mol. The highest BCUT2D eigenvalue weighted by Gasteiger charge is 2.03. The molecule has 3 aromatic rings. The number of phenols is 1. The van der Waals surface area contributed by atoms with Gasteiger partial charge in [-0.3, -0.25) is 4.99 Å². The number of nitrogens with zero attached hydrogens (tertiary/aromatic N) is 1. The molecule has 0 amide bonds. The summed E-state index contributed by atoms with van der Waals surface area (Å²) in [5.41, 5.74) is 3.52. The molecule has 3 nitrogen and oxygen atoms in total. The molecular formula is C21H19NO2. The van der Waals surface area contributed by atoms with Gasteiger partial charge in [0, 0.05) is 11.8 Å². The van der Waals surface area contributed by atoms with E-state index in [0.29, 0.717) is 12.3 Å².